The van der Waals surface area contributed by atoms with Gasteiger partial charge >= 0.3 is 18.0 Å². The Labute approximate surface area is 174 Å². The number of carbonyl (C=O) groups is 3. The van der Waals surface area contributed by atoms with Crippen LogP contribution in [0.2, 0.25) is 0 Å². The Morgan fingerprint density at radius 1 is 1.17 bits per heavy atom. The number of benzene rings is 1. The van der Waals surface area contributed by atoms with E-state index in [2.05, 4.69) is 5.32 Å². The summed E-state index contributed by atoms with van der Waals surface area (Å²) < 4.78 is 37.6. The molecule has 0 saturated carbocycles. The molecule has 1 aromatic carbocycles. The first-order chi connectivity index (χ1) is 14.3. The number of amides is 2. The maximum absolute atomic E-state index is 14.3. The van der Waals surface area contributed by atoms with Crippen LogP contribution in [0.3, 0.4) is 0 Å². The molecule has 0 aromatic heterocycles. The predicted octanol–water partition coefficient (Wildman–Crippen LogP) is 2.82. The molecule has 30 heavy (non-hydrogen) atoms. The first-order valence-electron chi connectivity index (χ1n) is 10.1. The van der Waals surface area contributed by atoms with Crippen molar-refractivity contribution in [2.45, 2.75) is 39.5 Å². The van der Waals surface area contributed by atoms with Crippen molar-refractivity contribution in [2.24, 2.45) is 5.41 Å². The number of hydrogen-bond acceptors (Lipinski definition) is 5. The van der Waals surface area contributed by atoms with Crippen LogP contribution in [0.4, 0.5) is 13.6 Å². The van der Waals surface area contributed by atoms with Crippen molar-refractivity contribution in [3.8, 4) is 0 Å². The van der Waals surface area contributed by atoms with E-state index in [4.69, 9.17) is 9.47 Å². The maximum atomic E-state index is 14.3. The summed E-state index contributed by atoms with van der Waals surface area (Å²) in [4.78, 5) is 38.2. The molecule has 1 saturated heterocycles. The number of hydrogen-bond donors (Lipinski definition) is 1. The summed E-state index contributed by atoms with van der Waals surface area (Å²) in [5.74, 6) is -2.37. The van der Waals surface area contributed by atoms with E-state index >= 15 is 0 Å². The van der Waals surface area contributed by atoms with Crippen molar-refractivity contribution in [2.75, 3.05) is 32.8 Å². The van der Waals surface area contributed by atoms with Crippen molar-refractivity contribution >= 4 is 18.0 Å². The first kappa shape index (κ1) is 23.6. The average molecular weight is 426 g/mol. The van der Waals surface area contributed by atoms with Gasteiger partial charge in [-0.3, -0.25) is 9.59 Å². The Morgan fingerprint density at radius 3 is 2.57 bits per heavy atom. The second-order valence-corrected chi connectivity index (χ2v) is 7.23. The SMILES string of the molecule is CCOC(=O)CCNC(=O)N1CCC[C@@](Cc2ccc(F)cc2F)(C(=O)OCC)C1. The normalized spacial score (nSPS) is 18.6. The van der Waals surface area contributed by atoms with E-state index in [0.717, 1.165) is 12.1 Å². The number of carbonyl (C=O) groups excluding carboxylic acids is 3. The molecule has 7 nitrogen and oxygen atoms in total. The van der Waals surface area contributed by atoms with Gasteiger partial charge in [0, 0.05) is 25.7 Å². The molecule has 1 aliphatic rings. The van der Waals surface area contributed by atoms with E-state index < -0.39 is 35.0 Å². The number of likely N-dealkylation sites (tertiary alicyclic amines) is 1. The molecule has 0 unspecified atom stereocenters. The van der Waals surface area contributed by atoms with Gasteiger partial charge in [0.2, 0.25) is 0 Å². The van der Waals surface area contributed by atoms with Crippen LogP contribution in [0.1, 0.15) is 38.7 Å². The highest BCUT2D eigenvalue weighted by Crippen LogP contribution is 2.36. The molecule has 1 atom stereocenters. The molecule has 0 bridgehead atoms. The summed E-state index contributed by atoms with van der Waals surface area (Å²) in [6.45, 7) is 4.34. The summed E-state index contributed by atoms with van der Waals surface area (Å²) in [6, 6.07) is 2.80. The molecule has 1 aromatic rings. The van der Waals surface area contributed by atoms with E-state index in [1.165, 1.54) is 11.0 Å². The lowest BCUT2D eigenvalue weighted by Crippen LogP contribution is -2.54. The molecule has 9 heteroatoms. The third-order valence-electron chi connectivity index (χ3n) is 5.03. The van der Waals surface area contributed by atoms with Gasteiger partial charge in [0.25, 0.3) is 0 Å². The van der Waals surface area contributed by atoms with E-state index in [0.29, 0.717) is 19.4 Å². The zero-order valence-corrected chi connectivity index (χ0v) is 17.3. The van der Waals surface area contributed by atoms with Gasteiger partial charge < -0.3 is 19.7 Å². The van der Waals surface area contributed by atoms with Crippen LogP contribution in [0, 0.1) is 17.0 Å². The van der Waals surface area contributed by atoms with Crippen molar-refractivity contribution in [3.05, 3.63) is 35.4 Å². The molecule has 1 N–H and O–H groups in total. The molecule has 1 aliphatic heterocycles. The molecular weight excluding hydrogens is 398 g/mol. The van der Waals surface area contributed by atoms with Crippen LogP contribution in [0.5, 0.6) is 0 Å². The van der Waals surface area contributed by atoms with Crippen molar-refractivity contribution in [3.63, 3.8) is 0 Å². The number of rotatable bonds is 8. The van der Waals surface area contributed by atoms with Crippen molar-refractivity contribution in [1.29, 1.82) is 0 Å². The van der Waals surface area contributed by atoms with E-state index in [9.17, 15) is 23.2 Å². The standard InChI is InChI=1S/C21H28F2N2O5/c1-3-29-18(26)8-10-24-20(28)25-11-5-9-21(14-25,19(27)30-4-2)13-15-6-7-16(22)12-17(15)23/h6-7,12H,3-5,8-11,13-14H2,1-2H3,(H,24,28)/t21-/m0/s1. The number of ether oxygens (including phenoxy) is 2. The van der Waals surface area contributed by atoms with Gasteiger partial charge in [-0.05, 0) is 44.7 Å². The van der Waals surface area contributed by atoms with Crippen LogP contribution in [0.25, 0.3) is 0 Å². The largest absolute Gasteiger partial charge is 0.466 e. The summed E-state index contributed by atoms with van der Waals surface area (Å²) in [5, 5.41) is 2.64. The third kappa shape index (κ3) is 6.14. The van der Waals surface area contributed by atoms with Crippen LogP contribution in [-0.2, 0) is 25.5 Å². The number of urea groups is 1. The Bertz CT molecular complexity index is 774. The second kappa shape index (κ2) is 10.9. The first-order valence-corrected chi connectivity index (χ1v) is 10.1. The monoisotopic (exact) mass is 426 g/mol. The van der Waals surface area contributed by atoms with Gasteiger partial charge in [-0.1, -0.05) is 6.07 Å². The fraction of sp³-hybridized carbons (Fsp3) is 0.571. The summed E-state index contributed by atoms with van der Waals surface area (Å²) >= 11 is 0. The van der Waals surface area contributed by atoms with Gasteiger partial charge in [0.1, 0.15) is 11.6 Å². The quantitative estimate of drug-likeness (QED) is 0.646. The predicted molar refractivity (Wildman–Crippen MR) is 105 cm³/mol. The van der Waals surface area contributed by atoms with Gasteiger partial charge in [-0.25, -0.2) is 13.6 Å². The maximum Gasteiger partial charge on any atom is 0.317 e. The van der Waals surface area contributed by atoms with Crippen LogP contribution >= 0.6 is 0 Å². The fourth-order valence-electron chi connectivity index (χ4n) is 3.62. The Morgan fingerprint density at radius 2 is 1.90 bits per heavy atom. The highest BCUT2D eigenvalue weighted by Gasteiger charge is 2.45. The molecule has 0 radical (unpaired) electrons. The highest BCUT2D eigenvalue weighted by molar-refractivity contribution is 5.80. The summed E-state index contributed by atoms with van der Waals surface area (Å²) in [7, 11) is 0. The molecule has 2 rings (SSSR count). The lowest BCUT2D eigenvalue weighted by molar-refractivity contribution is -0.158. The molecule has 0 aliphatic carbocycles. The van der Waals surface area contributed by atoms with Gasteiger partial charge in [-0.2, -0.15) is 0 Å². The Balaban J connectivity index is 2.12. The van der Waals surface area contributed by atoms with Gasteiger partial charge in [0.15, 0.2) is 0 Å². The fourth-order valence-corrected chi connectivity index (χ4v) is 3.62. The Hall–Kier alpha value is -2.71. The number of esters is 2. The number of nitrogens with one attached hydrogen (secondary N) is 1. The van der Waals surface area contributed by atoms with Crippen molar-refractivity contribution in [1.82, 2.24) is 10.2 Å². The van der Waals surface area contributed by atoms with Crippen LogP contribution in [-0.4, -0.2) is 55.7 Å². The molecular formula is C21H28F2N2O5. The second-order valence-electron chi connectivity index (χ2n) is 7.23. The van der Waals surface area contributed by atoms with Gasteiger partial charge in [0.05, 0.1) is 25.0 Å². The van der Waals surface area contributed by atoms with Crippen LogP contribution < -0.4 is 5.32 Å². The molecule has 166 valence electrons. The van der Waals surface area contributed by atoms with E-state index in [-0.39, 0.29) is 44.7 Å². The van der Waals surface area contributed by atoms with Gasteiger partial charge in [-0.15, -0.1) is 0 Å². The minimum absolute atomic E-state index is 0.00937. The van der Waals surface area contributed by atoms with E-state index in [1.54, 1.807) is 13.8 Å². The zero-order valence-electron chi connectivity index (χ0n) is 17.3. The lowest BCUT2D eigenvalue weighted by Gasteiger charge is -2.41. The molecule has 0 spiro atoms. The summed E-state index contributed by atoms with van der Waals surface area (Å²) in [5.41, 5.74) is -0.945. The molecule has 1 heterocycles. The number of piperidine rings is 1. The summed E-state index contributed by atoms with van der Waals surface area (Å²) in [6.07, 6.45) is 0.962. The van der Waals surface area contributed by atoms with Crippen molar-refractivity contribution < 1.29 is 32.6 Å². The minimum Gasteiger partial charge on any atom is -0.466 e. The topological polar surface area (TPSA) is 84.9 Å². The Kier molecular flexibility index (Phi) is 8.56. The van der Waals surface area contributed by atoms with E-state index in [1.807, 2.05) is 0 Å². The zero-order chi connectivity index (χ0) is 22.1. The average Bonchev–Trinajstić information content (AvgIpc) is 2.70. The lowest BCUT2D eigenvalue weighted by atomic mass is 9.75. The minimum atomic E-state index is -1.13. The molecule has 1 fully saturated rings. The number of halogens is 2. The third-order valence-corrected chi connectivity index (χ3v) is 5.03. The smallest absolute Gasteiger partial charge is 0.317 e. The van der Waals surface area contributed by atoms with Crippen LogP contribution in [0.15, 0.2) is 18.2 Å². The highest BCUT2D eigenvalue weighted by atomic mass is 19.1. The molecule has 2 amide bonds. The number of nitrogens with zero attached hydrogens (tertiary/aromatic N) is 1.